The van der Waals surface area contributed by atoms with Crippen LogP contribution in [0.3, 0.4) is 0 Å². The molecule has 0 unspecified atom stereocenters. The zero-order valence-corrected chi connectivity index (χ0v) is 18.5. The van der Waals surface area contributed by atoms with Gasteiger partial charge in [-0.3, -0.25) is 9.78 Å². The van der Waals surface area contributed by atoms with Crippen LogP contribution in [0.2, 0.25) is 0 Å². The Morgan fingerprint density at radius 3 is 2.56 bits per heavy atom. The van der Waals surface area contributed by atoms with Gasteiger partial charge in [-0.25, -0.2) is 14.4 Å². The molecule has 2 aliphatic rings. The smallest absolute Gasteiger partial charge is 0.254 e. The van der Waals surface area contributed by atoms with Crippen molar-refractivity contribution in [2.45, 2.75) is 33.2 Å². The molecule has 3 aromatic rings. The molecule has 7 heteroatoms. The Hall–Kier alpha value is -3.35. The number of rotatable bonds is 3. The summed E-state index contributed by atoms with van der Waals surface area (Å²) in [5, 5.41) is 0. The zero-order chi connectivity index (χ0) is 22.4. The SMILES string of the molecule is Cc1ccc(-c2c(F)cccc2C(=O)N2CC[C@H]3CN(c4nc(C)cc(C)n4)[C@H]3C2)nc1. The molecule has 2 aliphatic heterocycles. The Kier molecular flexibility index (Phi) is 5.12. The molecular formula is C25H26FN5O. The zero-order valence-electron chi connectivity index (χ0n) is 18.5. The van der Waals surface area contributed by atoms with Gasteiger partial charge in [-0.05, 0) is 57.0 Å². The Morgan fingerprint density at radius 2 is 1.84 bits per heavy atom. The number of anilines is 1. The lowest BCUT2D eigenvalue weighted by Crippen LogP contribution is -2.65. The monoisotopic (exact) mass is 431 g/mol. The molecule has 2 atom stereocenters. The Bertz CT molecular complexity index is 1160. The van der Waals surface area contributed by atoms with Crippen molar-refractivity contribution in [2.24, 2.45) is 5.92 Å². The molecule has 5 rings (SSSR count). The molecule has 2 fully saturated rings. The minimum absolute atomic E-state index is 0.159. The van der Waals surface area contributed by atoms with E-state index in [1.54, 1.807) is 24.4 Å². The van der Waals surface area contributed by atoms with E-state index in [2.05, 4.69) is 19.9 Å². The van der Waals surface area contributed by atoms with Crippen molar-refractivity contribution in [3.8, 4) is 11.3 Å². The van der Waals surface area contributed by atoms with Crippen LogP contribution in [0.15, 0.2) is 42.6 Å². The topological polar surface area (TPSA) is 62.2 Å². The molecule has 2 aromatic heterocycles. The molecule has 32 heavy (non-hydrogen) atoms. The predicted molar refractivity (Wildman–Crippen MR) is 121 cm³/mol. The van der Waals surface area contributed by atoms with Crippen LogP contribution in [-0.2, 0) is 0 Å². The van der Waals surface area contributed by atoms with E-state index in [0.29, 0.717) is 30.3 Å². The summed E-state index contributed by atoms with van der Waals surface area (Å²) in [6.45, 7) is 8.02. The van der Waals surface area contributed by atoms with Crippen molar-refractivity contribution in [3.05, 3.63) is 70.9 Å². The van der Waals surface area contributed by atoms with Crippen molar-refractivity contribution in [2.75, 3.05) is 24.5 Å². The van der Waals surface area contributed by atoms with Gasteiger partial charge < -0.3 is 9.80 Å². The molecule has 0 aliphatic carbocycles. The number of carbonyl (C=O) groups excluding carboxylic acids is 1. The number of fused-ring (bicyclic) bond motifs is 1. The first-order valence-corrected chi connectivity index (χ1v) is 11.0. The molecule has 0 saturated carbocycles. The largest absolute Gasteiger partial charge is 0.337 e. The second kappa shape index (κ2) is 7.97. The lowest BCUT2D eigenvalue weighted by molar-refractivity contribution is 0.0589. The summed E-state index contributed by atoms with van der Waals surface area (Å²) in [7, 11) is 0. The van der Waals surface area contributed by atoms with E-state index in [0.717, 1.165) is 35.9 Å². The fourth-order valence-corrected chi connectivity index (χ4v) is 4.80. The highest BCUT2D eigenvalue weighted by atomic mass is 19.1. The third-order valence-electron chi connectivity index (χ3n) is 6.48. The first kappa shape index (κ1) is 20.5. The number of pyridine rings is 1. The highest BCUT2D eigenvalue weighted by Gasteiger charge is 2.45. The average Bonchev–Trinajstić information content (AvgIpc) is 2.74. The van der Waals surface area contributed by atoms with E-state index >= 15 is 0 Å². The third kappa shape index (κ3) is 3.61. The van der Waals surface area contributed by atoms with Crippen LogP contribution in [0.1, 0.15) is 33.7 Å². The normalized spacial score (nSPS) is 20.0. The van der Waals surface area contributed by atoms with Gasteiger partial charge in [0.2, 0.25) is 5.95 Å². The molecule has 2 saturated heterocycles. The van der Waals surface area contributed by atoms with Crippen LogP contribution in [0.4, 0.5) is 10.3 Å². The number of benzene rings is 1. The molecule has 1 amide bonds. The van der Waals surface area contributed by atoms with Gasteiger partial charge in [-0.1, -0.05) is 12.1 Å². The first-order chi connectivity index (χ1) is 15.4. The fourth-order valence-electron chi connectivity index (χ4n) is 4.80. The van der Waals surface area contributed by atoms with E-state index in [9.17, 15) is 9.18 Å². The molecule has 0 spiro atoms. The summed E-state index contributed by atoms with van der Waals surface area (Å²) in [6.07, 6.45) is 2.61. The maximum atomic E-state index is 14.8. The minimum atomic E-state index is -0.434. The summed E-state index contributed by atoms with van der Waals surface area (Å²) < 4.78 is 14.8. The number of amides is 1. The molecule has 0 N–H and O–H groups in total. The number of carbonyl (C=O) groups is 1. The van der Waals surface area contributed by atoms with Crippen molar-refractivity contribution in [1.82, 2.24) is 19.9 Å². The van der Waals surface area contributed by atoms with E-state index in [-0.39, 0.29) is 17.5 Å². The van der Waals surface area contributed by atoms with Gasteiger partial charge >= 0.3 is 0 Å². The number of aryl methyl sites for hydroxylation is 3. The molecule has 1 aromatic carbocycles. The number of aromatic nitrogens is 3. The van der Waals surface area contributed by atoms with E-state index < -0.39 is 5.82 Å². The van der Waals surface area contributed by atoms with E-state index in [4.69, 9.17) is 0 Å². The van der Waals surface area contributed by atoms with Crippen LogP contribution in [0, 0.1) is 32.5 Å². The van der Waals surface area contributed by atoms with Gasteiger partial charge in [0, 0.05) is 48.7 Å². The first-order valence-electron chi connectivity index (χ1n) is 11.0. The van der Waals surface area contributed by atoms with Crippen LogP contribution < -0.4 is 4.90 Å². The predicted octanol–water partition coefficient (Wildman–Crippen LogP) is 3.95. The van der Waals surface area contributed by atoms with Crippen molar-refractivity contribution in [3.63, 3.8) is 0 Å². The van der Waals surface area contributed by atoms with Crippen molar-refractivity contribution < 1.29 is 9.18 Å². The lowest BCUT2D eigenvalue weighted by atomic mass is 9.82. The maximum Gasteiger partial charge on any atom is 0.254 e. The van der Waals surface area contributed by atoms with Crippen LogP contribution >= 0.6 is 0 Å². The average molecular weight is 432 g/mol. The minimum Gasteiger partial charge on any atom is -0.337 e. The molecule has 6 nitrogen and oxygen atoms in total. The molecule has 0 radical (unpaired) electrons. The summed E-state index contributed by atoms with van der Waals surface area (Å²) in [5.74, 6) is 0.659. The highest BCUT2D eigenvalue weighted by molar-refractivity contribution is 6.00. The number of halogens is 1. The molecule has 0 bridgehead atoms. The summed E-state index contributed by atoms with van der Waals surface area (Å²) in [4.78, 5) is 31.1. The fraction of sp³-hybridized carbons (Fsp3) is 0.360. The van der Waals surface area contributed by atoms with Crippen LogP contribution in [-0.4, -0.2) is 51.4 Å². The quantitative estimate of drug-likeness (QED) is 0.628. The number of likely N-dealkylation sites (tertiary alicyclic amines) is 1. The Balaban J connectivity index is 1.41. The van der Waals surface area contributed by atoms with E-state index in [1.165, 1.54) is 6.07 Å². The second-order valence-corrected chi connectivity index (χ2v) is 8.85. The molecule has 164 valence electrons. The highest BCUT2D eigenvalue weighted by Crippen LogP contribution is 2.36. The Labute approximate surface area is 187 Å². The molecular weight excluding hydrogens is 405 g/mol. The van der Waals surface area contributed by atoms with Crippen molar-refractivity contribution in [1.29, 1.82) is 0 Å². The van der Waals surface area contributed by atoms with Gasteiger partial charge in [-0.15, -0.1) is 0 Å². The van der Waals surface area contributed by atoms with Gasteiger partial charge in [0.15, 0.2) is 0 Å². The number of piperidine rings is 1. The number of hydrogen-bond donors (Lipinski definition) is 0. The summed E-state index contributed by atoms with van der Waals surface area (Å²) in [5.41, 5.74) is 3.96. The number of hydrogen-bond acceptors (Lipinski definition) is 5. The van der Waals surface area contributed by atoms with E-state index in [1.807, 2.05) is 37.8 Å². The van der Waals surface area contributed by atoms with Crippen LogP contribution in [0.5, 0.6) is 0 Å². The Morgan fingerprint density at radius 1 is 1.06 bits per heavy atom. The summed E-state index contributed by atoms with van der Waals surface area (Å²) in [6, 6.07) is 10.5. The lowest BCUT2D eigenvalue weighted by Gasteiger charge is -2.53. The van der Waals surface area contributed by atoms with Gasteiger partial charge in [0.05, 0.1) is 17.3 Å². The van der Waals surface area contributed by atoms with Gasteiger partial charge in [0.25, 0.3) is 5.91 Å². The third-order valence-corrected chi connectivity index (χ3v) is 6.48. The van der Waals surface area contributed by atoms with Crippen LogP contribution in [0.25, 0.3) is 11.3 Å². The number of nitrogens with zero attached hydrogens (tertiary/aromatic N) is 5. The van der Waals surface area contributed by atoms with Gasteiger partial charge in [-0.2, -0.15) is 0 Å². The summed E-state index contributed by atoms with van der Waals surface area (Å²) >= 11 is 0. The van der Waals surface area contributed by atoms with Gasteiger partial charge in [0.1, 0.15) is 5.82 Å². The van der Waals surface area contributed by atoms with Crippen molar-refractivity contribution >= 4 is 11.9 Å². The maximum absolute atomic E-state index is 14.8. The standard InChI is InChI=1S/C25H26FN5O/c1-15-7-8-21(27-12-15)23-19(5-4-6-20(23)26)24(32)30-10-9-18-13-31(22(18)14-30)25-28-16(2)11-17(3)29-25/h4-8,11-12,18,22H,9-10,13-14H2,1-3H3/t18-,22-/m0/s1. The molecule has 4 heterocycles. The second-order valence-electron chi connectivity index (χ2n) is 8.85.